The van der Waals surface area contributed by atoms with E-state index in [4.69, 9.17) is 4.74 Å². The molecule has 1 heterocycles. The van der Waals surface area contributed by atoms with Gasteiger partial charge in [0, 0.05) is 19.5 Å². The Bertz CT molecular complexity index is 880. The minimum atomic E-state index is -3.92. The number of sulfonamides is 1. The highest BCUT2D eigenvalue weighted by atomic mass is 32.2. The second-order valence-electron chi connectivity index (χ2n) is 6.22. The minimum Gasteiger partial charge on any atom is -0.495 e. The third-order valence-electron chi connectivity index (χ3n) is 4.15. The van der Waals surface area contributed by atoms with Gasteiger partial charge in [0.1, 0.15) is 5.75 Å². The first-order valence-electron chi connectivity index (χ1n) is 8.28. The molecule has 0 bridgehead atoms. The predicted molar refractivity (Wildman–Crippen MR) is 98.5 cm³/mol. The lowest BCUT2D eigenvalue weighted by Crippen LogP contribution is -2.41. The number of carbonyl (C=O) groups is 1. The van der Waals surface area contributed by atoms with Crippen LogP contribution < -0.4 is 10.1 Å². The van der Waals surface area contributed by atoms with E-state index in [1.807, 2.05) is 6.92 Å². The summed E-state index contributed by atoms with van der Waals surface area (Å²) < 4.78 is 56.3. The predicted octanol–water partition coefficient (Wildman–Crippen LogP) is 1.24. The molecule has 1 saturated heterocycles. The highest BCUT2D eigenvalue weighted by molar-refractivity contribution is 7.92. The maximum Gasteiger partial charge on any atom is 0.243 e. The van der Waals surface area contributed by atoms with Crippen LogP contribution in [0.1, 0.15) is 26.7 Å². The van der Waals surface area contributed by atoms with Gasteiger partial charge >= 0.3 is 0 Å². The Morgan fingerprint density at radius 3 is 2.58 bits per heavy atom. The molecule has 1 aliphatic heterocycles. The van der Waals surface area contributed by atoms with Gasteiger partial charge in [-0.05, 0) is 31.0 Å². The third-order valence-corrected chi connectivity index (χ3v) is 7.85. The van der Waals surface area contributed by atoms with Crippen molar-refractivity contribution in [2.24, 2.45) is 0 Å². The zero-order valence-corrected chi connectivity index (χ0v) is 16.7. The molecule has 0 aromatic heterocycles. The molecule has 0 radical (unpaired) electrons. The van der Waals surface area contributed by atoms with Crippen LogP contribution in [0.5, 0.6) is 5.75 Å². The zero-order chi connectivity index (χ0) is 19.5. The average molecular weight is 405 g/mol. The number of ether oxygens (including phenoxy) is 1. The quantitative estimate of drug-likeness (QED) is 0.732. The van der Waals surface area contributed by atoms with Crippen molar-refractivity contribution >= 4 is 31.5 Å². The van der Waals surface area contributed by atoms with E-state index >= 15 is 0 Å². The molecule has 146 valence electrons. The van der Waals surface area contributed by atoms with E-state index in [0.717, 1.165) is 0 Å². The minimum absolute atomic E-state index is 0.00679. The van der Waals surface area contributed by atoms with Crippen molar-refractivity contribution in [1.29, 1.82) is 0 Å². The highest BCUT2D eigenvalue weighted by Crippen LogP contribution is 2.31. The van der Waals surface area contributed by atoms with E-state index < -0.39 is 25.9 Å². The molecule has 1 fully saturated rings. The van der Waals surface area contributed by atoms with Gasteiger partial charge in [0.25, 0.3) is 0 Å². The smallest absolute Gasteiger partial charge is 0.243 e. The van der Waals surface area contributed by atoms with Gasteiger partial charge < -0.3 is 10.1 Å². The van der Waals surface area contributed by atoms with Crippen molar-refractivity contribution in [3.8, 4) is 5.75 Å². The fourth-order valence-corrected chi connectivity index (χ4v) is 6.59. The van der Waals surface area contributed by atoms with Gasteiger partial charge in [0.15, 0.2) is 9.84 Å². The summed E-state index contributed by atoms with van der Waals surface area (Å²) in [4.78, 5) is 11.4. The maximum absolute atomic E-state index is 13.1. The summed E-state index contributed by atoms with van der Waals surface area (Å²) in [7, 11) is -5.72. The standard InChI is InChI=1S/C16H24N2O6S2/c1-4-8-18(13-7-9-25(20,21)11-13)26(22,23)14-5-6-16(24-3)15(10-14)17-12(2)19/h5-6,10,13H,4,7-9,11H2,1-3H3,(H,17,19)/t13-/m0/s1. The number of hydrogen-bond acceptors (Lipinski definition) is 6. The highest BCUT2D eigenvalue weighted by Gasteiger charge is 2.38. The van der Waals surface area contributed by atoms with Crippen molar-refractivity contribution in [2.75, 3.05) is 30.5 Å². The average Bonchev–Trinajstić information content (AvgIpc) is 2.91. The molecule has 0 aliphatic carbocycles. The lowest BCUT2D eigenvalue weighted by atomic mass is 10.2. The van der Waals surface area contributed by atoms with E-state index in [9.17, 15) is 21.6 Å². The number of nitrogens with zero attached hydrogens (tertiary/aromatic N) is 1. The van der Waals surface area contributed by atoms with Crippen LogP contribution in [-0.4, -0.2) is 58.3 Å². The lowest BCUT2D eigenvalue weighted by Gasteiger charge is -2.27. The third kappa shape index (κ3) is 4.54. The van der Waals surface area contributed by atoms with Crippen LogP contribution in [0, 0.1) is 0 Å². The Labute approximate surface area is 154 Å². The number of carbonyl (C=O) groups excluding carboxylic acids is 1. The van der Waals surface area contributed by atoms with Crippen LogP contribution in [0.2, 0.25) is 0 Å². The number of methoxy groups -OCH3 is 1. The van der Waals surface area contributed by atoms with Crippen LogP contribution in [-0.2, 0) is 24.7 Å². The van der Waals surface area contributed by atoms with Crippen LogP contribution in [0.3, 0.4) is 0 Å². The molecule has 1 aromatic carbocycles. The van der Waals surface area contributed by atoms with Crippen LogP contribution in [0.25, 0.3) is 0 Å². The molecule has 1 amide bonds. The van der Waals surface area contributed by atoms with Crippen LogP contribution in [0.15, 0.2) is 23.1 Å². The Balaban J connectivity index is 2.44. The zero-order valence-electron chi connectivity index (χ0n) is 15.1. The first-order valence-corrected chi connectivity index (χ1v) is 11.5. The van der Waals surface area contributed by atoms with E-state index in [1.54, 1.807) is 0 Å². The van der Waals surface area contributed by atoms with Gasteiger partial charge in [-0.2, -0.15) is 4.31 Å². The summed E-state index contributed by atoms with van der Waals surface area (Å²) in [5.74, 6) is -0.191. The molecule has 1 aromatic rings. The van der Waals surface area contributed by atoms with E-state index in [2.05, 4.69) is 5.32 Å². The summed E-state index contributed by atoms with van der Waals surface area (Å²) in [5.41, 5.74) is 0.247. The SMILES string of the molecule is CCCN([C@H]1CCS(=O)(=O)C1)S(=O)(=O)c1ccc(OC)c(NC(C)=O)c1. The van der Waals surface area contributed by atoms with Gasteiger partial charge in [-0.15, -0.1) is 0 Å². The van der Waals surface area contributed by atoms with E-state index in [0.29, 0.717) is 12.2 Å². The van der Waals surface area contributed by atoms with Gasteiger partial charge in [-0.3, -0.25) is 4.79 Å². The second-order valence-corrected chi connectivity index (χ2v) is 10.3. The topological polar surface area (TPSA) is 110 Å². The van der Waals surface area contributed by atoms with Crippen LogP contribution in [0.4, 0.5) is 5.69 Å². The van der Waals surface area contributed by atoms with E-state index in [1.165, 1.54) is 36.5 Å². The number of anilines is 1. The molecule has 26 heavy (non-hydrogen) atoms. The monoisotopic (exact) mass is 404 g/mol. The Morgan fingerprint density at radius 1 is 1.38 bits per heavy atom. The van der Waals surface area contributed by atoms with Crippen molar-refractivity contribution in [1.82, 2.24) is 4.31 Å². The summed E-state index contributed by atoms with van der Waals surface area (Å²) in [6, 6.07) is 3.62. The Hall–Kier alpha value is -1.65. The summed E-state index contributed by atoms with van der Waals surface area (Å²) in [6.45, 7) is 3.38. The molecular formula is C16H24N2O6S2. The number of rotatable bonds is 7. The normalized spacial score (nSPS) is 19.5. The Kier molecular flexibility index (Phi) is 6.30. The molecule has 2 rings (SSSR count). The largest absolute Gasteiger partial charge is 0.495 e. The molecule has 0 saturated carbocycles. The van der Waals surface area contributed by atoms with Gasteiger partial charge in [-0.1, -0.05) is 6.92 Å². The van der Waals surface area contributed by atoms with Crippen molar-refractivity contribution < 1.29 is 26.4 Å². The van der Waals surface area contributed by atoms with Crippen LogP contribution >= 0.6 is 0 Å². The fraction of sp³-hybridized carbons (Fsp3) is 0.562. The van der Waals surface area contributed by atoms with Crippen molar-refractivity contribution in [3.63, 3.8) is 0 Å². The molecule has 10 heteroatoms. The molecular weight excluding hydrogens is 380 g/mol. The number of benzene rings is 1. The summed E-state index contributed by atoms with van der Waals surface area (Å²) in [5, 5.41) is 2.55. The fourth-order valence-electron chi connectivity index (χ4n) is 2.99. The van der Waals surface area contributed by atoms with Gasteiger partial charge in [-0.25, -0.2) is 16.8 Å². The molecule has 0 unspecified atom stereocenters. The second kappa shape index (κ2) is 7.93. The first-order chi connectivity index (χ1) is 12.1. The number of hydrogen-bond donors (Lipinski definition) is 1. The summed E-state index contributed by atoms with van der Waals surface area (Å²) in [6.07, 6.45) is 0.848. The number of nitrogens with one attached hydrogen (secondary N) is 1. The first kappa shape index (κ1) is 20.7. The number of sulfone groups is 1. The molecule has 1 atom stereocenters. The molecule has 8 nitrogen and oxygen atoms in total. The van der Waals surface area contributed by atoms with Crippen molar-refractivity contribution in [2.45, 2.75) is 37.6 Å². The maximum atomic E-state index is 13.1. The molecule has 1 aliphatic rings. The Morgan fingerprint density at radius 2 is 2.08 bits per heavy atom. The van der Waals surface area contributed by atoms with Crippen molar-refractivity contribution in [3.05, 3.63) is 18.2 Å². The molecule has 0 spiro atoms. The van der Waals surface area contributed by atoms with Gasteiger partial charge in [0.2, 0.25) is 15.9 Å². The van der Waals surface area contributed by atoms with E-state index in [-0.39, 0.29) is 41.0 Å². The number of amides is 1. The lowest BCUT2D eigenvalue weighted by molar-refractivity contribution is -0.114. The van der Waals surface area contributed by atoms with Gasteiger partial charge in [0.05, 0.1) is 29.2 Å². The summed E-state index contributed by atoms with van der Waals surface area (Å²) >= 11 is 0. The molecule has 1 N–H and O–H groups in total.